The zero-order valence-corrected chi connectivity index (χ0v) is 18.2. The van der Waals surface area contributed by atoms with Crippen molar-refractivity contribution in [2.75, 3.05) is 13.1 Å². The molecule has 2 aromatic rings. The van der Waals surface area contributed by atoms with Crippen molar-refractivity contribution in [3.8, 4) is 11.1 Å². The van der Waals surface area contributed by atoms with E-state index in [1.807, 2.05) is 0 Å². The van der Waals surface area contributed by atoms with E-state index in [9.17, 15) is 70.2 Å². The Balaban J connectivity index is 0.00000102. The van der Waals surface area contributed by atoms with Gasteiger partial charge in [-0.2, -0.15) is 35.1 Å². The van der Waals surface area contributed by atoms with Crippen LogP contribution in [0.5, 0.6) is 0 Å². The van der Waals surface area contributed by atoms with Gasteiger partial charge in [0.2, 0.25) is 5.82 Å². The molecule has 17 heteroatoms. The van der Waals surface area contributed by atoms with E-state index in [-0.39, 0.29) is 0 Å². The summed E-state index contributed by atoms with van der Waals surface area (Å²) in [5.41, 5.74) is -14.2. The lowest BCUT2D eigenvalue weighted by Crippen LogP contribution is -2.36. The summed E-state index contributed by atoms with van der Waals surface area (Å²) < 4.78 is 214. The van der Waals surface area contributed by atoms with Gasteiger partial charge in [-0.15, -0.1) is 0 Å². The van der Waals surface area contributed by atoms with Crippen LogP contribution in [-0.2, 0) is 12.1 Å². The van der Waals surface area contributed by atoms with Crippen LogP contribution >= 0.6 is 0 Å². The predicted octanol–water partition coefficient (Wildman–Crippen LogP) is 8.15. The summed E-state index contributed by atoms with van der Waals surface area (Å²) in [6.07, 6.45) is -12.4. The Hall–Kier alpha value is -2.72. The van der Waals surface area contributed by atoms with E-state index in [2.05, 4.69) is 19.2 Å². The molecule has 2 aromatic carbocycles. The number of nitrogens with one attached hydrogen (secondary N) is 1. The van der Waals surface area contributed by atoms with Crippen molar-refractivity contribution >= 4 is 0 Å². The summed E-state index contributed by atoms with van der Waals surface area (Å²) in [6.45, 7) is 6.56. The average molecular weight is 571 g/mol. The Morgan fingerprint density at radius 3 is 1.22 bits per heavy atom. The van der Waals surface area contributed by atoms with Crippen LogP contribution in [0.4, 0.5) is 70.2 Å². The molecule has 0 saturated carbocycles. The first-order valence-corrected chi connectivity index (χ1v) is 9.65. The first kappa shape index (κ1) is 32.3. The Morgan fingerprint density at radius 2 is 0.892 bits per heavy atom. The third kappa shape index (κ3) is 6.06. The molecule has 0 amide bonds. The normalized spacial score (nSPS) is 12.5. The van der Waals surface area contributed by atoms with E-state index < -0.39 is 87.1 Å². The van der Waals surface area contributed by atoms with Gasteiger partial charge in [0.15, 0.2) is 40.7 Å². The molecule has 0 unspecified atom stereocenters. The minimum Gasteiger partial charge on any atom is -0.317 e. The summed E-state index contributed by atoms with van der Waals surface area (Å²) >= 11 is 0. The Bertz CT molecular complexity index is 1100. The molecule has 2 rings (SSSR count). The van der Waals surface area contributed by atoms with E-state index in [0.29, 0.717) is 0 Å². The fraction of sp³-hybridized carbons (Fsp3) is 0.400. The Labute approximate surface area is 197 Å². The highest BCUT2D eigenvalue weighted by molar-refractivity contribution is 5.75. The van der Waals surface area contributed by atoms with Crippen LogP contribution in [0, 0.1) is 46.5 Å². The quantitative estimate of drug-likeness (QED) is 0.165. The summed E-state index contributed by atoms with van der Waals surface area (Å²) in [5.74, 6) is -34.1. The maximum Gasteiger partial charge on any atom is 0.458 e. The monoisotopic (exact) mass is 571 g/mol. The van der Waals surface area contributed by atoms with Crippen LogP contribution in [0.3, 0.4) is 0 Å². The minimum absolute atomic E-state index is 1.10. The largest absolute Gasteiger partial charge is 0.458 e. The molecule has 0 saturated heterocycles. The van der Waals surface area contributed by atoms with Crippen molar-refractivity contribution in [2.45, 2.75) is 38.5 Å². The highest BCUT2D eigenvalue weighted by Gasteiger charge is 2.63. The summed E-state index contributed by atoms with van der Waals surface area (Å²) in [6, 6.07) is 0. The molecule has 0 atom stereocenters. The smallest absolute Gasteiger partial charge is 0.317 e. The van der Waals surface area contributed by atoms with Crippen molar-refractivity contribution in [1.29, 1.82) is 0 Å². The molecule has 1 nitrogen and oxygen atoms in total. The second-order valence-electron chi connectivity index (χ2n) is 6.94. The maximum atomic E-state index is 13.9. The van der Waals surface area contributed by atoms with Gasteiger partial charge in [0.1, 0.15) is 5.56 Å². The molecule has 0 aliphatic carbocycles. The third-order valence-corrected chi connectivity index (χ3v) is 4.41. The van der Waals surface area contributed by atoms with E-state index in [0.717, 1.165) is 13.1 Å². The van der Waals surface area contributed by atoms with Gasteiger partial charge in [0, 0.05) is 5.56 Å². The van der Waals surface area contributed by atoms with Gasteiger partial charge in [-0.25, -0.2) is 35.1 Å². The second kappa shape index (κ2) is 11.3. The van der Waals surface area contributed by atoms with Crippen molar-refractivity contribution in [3.05, 3.63) is 57.7 Å². The van der Waals surface area contributed by atoms with Crippen LogP contribution < -0.4 is 5.32 Å². The van der Waals surface area contributed by atoms with Crippen LogP contribution in [0.1, 0.15) is 31.4 Å². The molecule has 0 aliphatic rings. The zero-order chi connectivity index (χ0) is 29.3. The highest BCUT2D eigenvalue weighted by atomic mass is 19.4. The molecule has 0 bridgehead atoms. The molecule has 0 heterocycles. The molecule has 0 aromatic heterocycles. The first-order chi connectivity index (χ1) is 16.7. The third-order valence-electron chi connectivity index (χ3n) is 4.41. The number of benzene rings is 2. The fourth-order valence-electron chi connectivity index (χ4n) is 2.79. The number of hydrogen-bond acceptors (Lipinski definition) is 1. The van der Waals surface area contributed by atoms with Gasteiger partial charge in [-0.05, 0) is 19.5 Å². The Morgan fingerprint density at radius 1 is 0.514 bits per heavy atom. The van der Waals surface area contributed by atoms with Gasteiger partial charge in [-0.3, -0.25) is 0 Å². The molecule has 0 spiro atoms. The molecule has 0 radical (unpaired) electrons. The summed E-state index contributed by atoms with van der Waals surface area (Å²) in [5, 5.41) is 3.20. The van der Waals surface area contributed by atoms with Crippen molar-refractivity contribution in [1.82, 2.24) is 5.32 Å². The van der Waals surface area contributed by atoms with Crippen LogP contribution in [0.25, 0.3) is 11.1 Å². The van der Waals surface area contributed by atoms with Gasteiger partial charge in [0.05, 0.1) is 11.1 Å². The number of hydrogen-bond donors (Lipinski definition) is 1. The predicted molar refractivity (Wildman–Crippen MR) is 95.3 cm³/mol. The Kier molecular flexibility index (Phi) is 9.91. The van der Waals surface area contributed by atoms with Crippen molar-refractivity contribution in [2.24, 2.45) is 0 Å². The molecule has 0 aliphatic heterocycles. The zero-order valence-electron chi connectivity index (χ0n) is 18.2. The summed E-state index contributed by atoms with van der Waals surface area (Å²) in [7, 11) is 0. The maximum absolute atomic E-state index is 13.9. The SMILES string of the molecule is CCCNCC.Fc1c(F)c(F)c(-c2c(C(F)(F)F)c(F)c(F)c(F)c2C(F)(F)C(F)(F)F)c(F)c1F. The molecule has 210 valence electrons. The standard InChI is InChI=1S/C15F16.C5H13N/c16-5-2(6(17)10(21)12(23)9(5)20)1-3(13(24,25)15(29,30)31)7(18)11(22)8(19)4(1)14(26,27)28;1-3-5-6-4-2/h;6H,3-5H2,1-2H3. The number of halogens is 16. The average Bonchev–Trinajstić information content (AvgIpc) is 2.77. The lowest BCUT2D eigenvalue weighted by Gasteiger charge is -2.26. The van der Waals surface area contributed by atoms with Gasteiger partial charge in [0.25, 0.3) is 0 Å². The first-order valence-electron chi connectivity index (χ1n) is 9.65. The van der Waals surface area contributed by atoms with Gasteiger partial charge in [-0.1, -0.05) is 13.8 Å². The topological polar surface area (TPSA) is 12.0 Å². The van der Waals surface area contributed by atoms with E-state index in [1.54, 1.807) is 0 Å². The highest BCUT2D eigenvalue weighted by Crippen LogP contribution is 2.53. The molecule has 37 heavy (non-hydrogen) atoms. The number of rotatable bonds is 5. The second-order valence-corrected chi connectivity index (χ2v) is 6.94. The van der Waals surface area contributed by atoms with Crippen LogP contribution in [-0.4, -0.2) is 19.3 Å². The van der Waals surface area contributed by atoms with E-state index in [4.69, 9.17) is 0 Å². The van der Waals surface area contributed by atoms with Crippen molar-refractivity contribution < 1.29 is 70.2 Å². The fourth-order valence-corrected chi connectivity index (χ4v) is 2.79. The van der Waals surface area contributed by atoms with Crippen LogP contribution in [0.2, 0.25) is 0 Å². The molecule has 1 N–H and O–H groups in total. The van der Waals surface area contributed by atoms with Gasteiger partial charge >= 0.3 is 18.3 Å². The van der Waals surface area contributed by atoms with Crippen molar-refractivity contribution in [3.63, 3.8) is 0 Å². The molecular weight excluding hydrogens is 558 g/mol. The van der Waals surface area contributed by atoms with E-state index >= 15 is 0 Å². The van der Waals surface area contributed by atoms with Gasteiger partial charge < -0.3 is 5.32 Å². The van der Waals surface area contributed by atoms with Crippen LogP contribution in [0.15, 0.2) is 0 Å². The molecule has 0 fully saturated rings. The lowest BCUT2D eigenvalue weighted by molar-refractivity contribution is -0.290. The summed E-state index contributed by atoms with van der Waals surface area (Å²) in [4.78, 5) is 0. The minimum atomic E-state index is -7.10. The lowest BCUT2D eigenvalue weighted by atomic mass is 9.88. The molecular formula is C20H13F16N. The van der Waals surface area contributed by atoms with E-state index in [1.165, 1.54) is 6.42 Å². The number of alkyl halides is 8.